The third kappa shape index (κ3) is 4.15. The standard InChI is InChI=1S/C16H28/c1-4-5-6-7-8-10-13-16(3)14-11-9-12-15(16)2/h9,11-12,14-15H,4-8,10,13H2,1-3H3. The molecule has 1 aliphatic carbocycles. The minimum absolute atomic E-state index is 0.416. The van der Waals surface area contributed by atoms with Crippen LogP contribution < -0.4 is 0 Å². The van der Waals surface area contributed by atoms with Crippen LogP contribution in [0.2, 0.25) is 0 Å². The molecule has 0 saturated carbocycles. The summed E-state index contributed by atoms with van der Waals surface area (Å²) in [7, 11) is 0. The van der Waals surface area contributed by atoms with E-state index in [4.69, 9.17) is 0 Å². The molecule has 0 bridgehead atoms. The highest BCUT2D eigenvalue weighted by molar-refractivity contribution is 5.18. The van der Waals surface area contributed by atoms with Gasteiger partial charge in [-0.1, -0.05) is 83.6 Å². The predicted octanol–water partition coefficient (Wildman–Crippen LogP) is 5.51. The van der Waals surface area contributed by atoms with Crippen LogP contribution in [0.5, 0.6) is 0 Å². The van der Waals surface area contributed by atoms with Crippen molar-refractivity contribution in [3.63, 3.8) is 0 Å². The first-order chi connectivity index (χ1) is 7.69. The molecule has 0 aliphatic heterocycles. The Morgan fingerprint density at radius 1 is 1.00 bits per heavy atom. The lowest BCUT2D eigenvalue weighted by molar-refractivity contribution is 0.287. The summed E-state index contributed by atoms with van der Waals surface area (Å²) in [6.45, 7) is 7.03. The highest BCUT2D eigenvalue weighted by Gasteiger charge is 2.27. The summed E-state index contributed by atoms with van der Waals surface area (Å²) in [4.78, 5) is 0. The molecular formula is C16H28. The van der Waals surface area contributed by atoms with Gasteiger partial charge in [-0.2, -0.15) is 0 Å². The highest BCUT2D eigenvalue weighted by atomic mass is 14.3. The number of hydrogen-bond donors (Lipinski definition) is 0. The fraction of sp³-hybridized carbons (Fsp3) is 0.750. The third-order valence-corrected chi connectivity index (χ3v) is 4.10. The molecule has 0 heteroatoms. The van der Waals surface area contributed by atoms with Gasteiger partial charge in [0.05, 0.1) is 0 Å². The first-order valence-electron chi connectivity index (χ1n) is 7.05. The van der Waals surface area contributed by atoms with Crippen molar-refractivity contribution in [1.29, 1.82) is 0 Å². The second-order valence-electron chi connectivity index (χ2n) is 5.56. The zero-order valence-corrected chi connectivity index (χ0v) is 11.3. The average molecular weight is 220 g/mol. The lowest BCUT2D eigenvalue weighted by atomic mass is 9.72. The van der Waals surface area contributed by atoms with E-state index < -0.39 is 0 Å². The third-order valence-electron chi connectivity index (χ3n) is 4.10. The van der Waals surface area contributed by atoms with Crippen LogP contribution in [0.15, 0.2) is 24.3 Å². The molecule has 0 aromatic carbocycles. The van der Waals surface area contributed by atoms with E-state index in [-0.39, 0.29) is 0 Å². The normalized spacial score (nSPS) is 28.6. The van der Waals surface area contributed by atoms with E-state index in [1.165, 1.54) is 44.9 Å². The van der Waals surface area contributed by atoms with Gasteiger partial charge < -0.3 is 0 Å². The van der Waals surface area contributed by atoms with E-state index in [1.54, 1.807) is 0 Å². The van der Waals surface area contributed by atoms with Crippen molar-refractivity contribution in [3.8, 4) is 0 Å². The molecule has 1 rings (SSSR count). The summed E-state index contributed by atoms with van der Waals surface area (Å²) in [6.07, 6.45) is 18.9. The molecular weight excluding hydrogens is 192 g/mol. The van der Waals surface area contributed by atoms with Crippen LogP contribution in [0.1, 0.15) is 65.7 Å². The second-order valence-corrected chi connectivity index (χ2v) is 5.56. The van der Waals surface area contributed by atoms with Gasteiger partial charge in [0.25, 0.3) is 0 Å². The van der Waals surface area contributed by atoms with Gasteiger partial charge in [0.2, 0.25) is 0 Å². The first kappa shape index (κ1) is 13.5. The molecule has 0 N–H and O–H groups in total. The molecule has 2 atom stereocenters. The minimum atomic E-state index is 0.416. The van der Waals surface area contributed by atoms with Gasteiger partial charge >= 0.3 is 0 Å². The van der Waals surface area contributed by atoms with Gasteiger partial charge in [-0.05, 0) is 17.8 Å². The lowest BCUT2D eigenvalue weighted by Gasteiger charge is -2.33. The molecule has 0 spiro atoms. The summed E-state index contributed by atoms with van der Waals surface area (Å²) >= 11 is 0. The van der Waals surface area contributed by atoms with E-state index in [1.807, 2.05) is 0 Å². The van der Waals surface area contributed by atoms with Gasteiger partial charge in [-0.3, -0.25) is 0 Å². The van der Waals surface area contributed by atoms with Crippen LogP contribution in [0.4, 0.5) is 0 Å². The Morgan fingerprint density at radius 3 is 2.38 bits per heavy atom. The molecule has 0 saturated heterocycles. The van der Waals surface area contributed by atoms with Crippen LogP contribution in [-0.4, -0.2) is 0 Å². The number of hydrogen-bond acceptors (Lipinski definition) is 0. The summed E-state index contributed by atoms with van der Waals surface area (Å²) in [5.41, 5.74) is 0.416. The minimum Gasteiger partial charge on any atom is -0.0809 e. The van der Waals surface area contributed by atoms with Gasteiger partial charge in [-0.25, -0.2) is 0 Å². The molecule has 0 fully saturated rings. The molecule has 2 unspecified atom stereocenters. The fourth-order valence-corrected chi connectivity index (χ4v) is 2.48. The Kier molecular flexibility index (Phi) is 5.87. The smallest absolute Gasteiger partial charge is 0.00832 e. The largest absolute Gasteiger partial charge is 0.0809 e. The zero-order chi connectivity index (χ0) is 11.9. The van der Waals surface area contributed by atoms with Crippen molar-refractivity contribution in [1.82, 2.24) is 0 Å². The maximum Gasteiger partial charge on any atom is -0.00832 e. The highest BCUT2D eigenvalue weighted by Crippen LogP contribution is 2.37. The Bertz CT molecular complexity index is 236. The van der Waals surface area contributed by atoms with Gasteiger partial charge in [-0.15, -0.1) is 0 Å². The summed E-state index contributed by atoms with van der Waals surface area (Å²) in [5.74, 6) is 0.702. The molecule has 92 valence electrons. The number of unbranched alkanes of at least 4 members (excludes halogenated alkanes) is 5. The molecule has 1 aliphatic rings. The summed E-state index contributed by atoms with van der Waals surface area (Å²) in [6, 6.07) is 0. The van der Waals surface area contributed by atoms with E-state index >= 15 is 0 Å². The molecule has 0 nitrogen and oxygen atoms in total. The van der Waals surface area contributed by atoms with Crippen molar-refractivity contribution in [3.05, 3.63) is 24.3 Å². The fourth-order valence-electron chi connectivity index (χ4n) is 2.48. The summed E-state index contributed by atoms with van der Waals surface area (Å²) in [5, 5.41) is 0. The quantitative estimate of drug-likeness (QED) is 0.497. The molecule has 0 aromatic rings. The second kappa shape index (κ2) is 6.93. The van der Waals surface area contributed by atoms with Crippen LogP contribution in [0.3, 0.4) is 0 Å². The van der Waals surface area contributed by atoms with E-state index in [2.05, 4.69) is 45.1 Å². The van der Waals surface area contributed by atoms with Gasteiger partial charge in [0, 0.05) is 0 Å². The molecule has 0 amide bonds. The Labute approximate surface area is 102 Å². The maximum absolute atomic E-state index is 2.41. The Morgan fingerprint density at radius 2 is 1.69 bits per heavy atom. The summed E-state index contributed by atoms with van der Waals surface area (Å²) < 4.78 is 0. The van der Waals surface area contributed by atoms with Crippen LogP contribution >= 0.6 is 0 Å². The Balaban J connectivity index is 2.16. The maximum atomic E-state index is 2.41. The SMILES string of the molecule is CCCCCCCCC1(C)C=CC=CC1C. The van der Waals surface area contributed by atoms with E-state index in [9.17, 15) is 0 Å². The number of rotatable bonds is 7. The van der Waals surface area contributed by atoms with Crippen molar-refractivity contribution >= 4 is 0 Å². The van der Waals surface area contributed by atoms with Gasteiger partial charge in [0.1, 0.15) is 0 Å². The van der Waals surface area contributed by atoms with Crippen molar-refractivity contribution in [2.24, 2.45) is 11.3 Å². The van der Waals surface area contributed by atoms with Gasteiger partial charge in [0.15, 0.2) is 0 Å². The Hall–Kier alpha value is -0.520. The van der Waals surface area contributed by atoms with E-state index in [0.29, 0.717) is 11.3 Å². The van der Waals surface area contributed by atoms with Crippen LogP contribution in [-0.2, 0) is 0 Å². The predicted molar refractivity (Wildman–Crippen MR) is 73.5 cm³/mol. The molecule has 16 heavy (non-hydrogen) atoms. The van der Waals surface area contributed by atoms with Crippen LogP contribution in [0, 0.1) is 11.3 Å². The molecule has 0 heterocycles. The monoisotopic (exact) mass is 220 g/mol. The lowest BCUT2D eigenvalue weighted by Crippen LogP contribution is -2.23. The van der Waals surface area contributed by atoms with Crippen molar-refractivity contribution in [2.45, 2.75) is 65.7 Å². The van der Waals surface area contributed by atoms with Crippen molar-refractivity contribution < 1.29 is 0 Å². The topological polar surface area (TPSA) is 0 Å². The van der Waals surface area contributed by atoms with Crippen molar-refractivity contribution in [2.75, 3.05) is 0 Å². The molecule has 0 aromatic heterocycles. The molecule has 0 radical (unpaired) electrons. The van der Waals surface area contributed by atoms with Crippen LogP contribution in [0.25, 0.3) is 0 Å². The number of allylic oxidation sites excluding steroid dienone is 4. The first-order valence-corrected chi connectivity index (χ1v) is 7.05. The average Bonchev–Trinajstić information content (AvgIpc) is 2.28. The van der Waals surface area contributed by atoms with E-state index in [0.717, 1.165) is 0 Å². The zero-order valence-electron chi connectivity index (χ0n) is 11.3.